The van der Waals surface area contributed by atoms with E-state index in [9.17, 15) is 9.59 Å². The van der Waals surface area contributed by atoms with Crippen molar-refractivity contribution >= 4 is 22.9 Å². The van der Waals surface area contributed by atoms with Crippen LogP contribution in [0.3, 0.4) is 0 Å². The number of aryl methyl sites for hydroxylation is 2. The lowest BCUT2D eigenvalue weighted by Crippen LogP contribution is -2.45. The Morgan fingerprint density at radius 2 is 1.90 bits per heavy atom. The van der Waals surface area contributed by atoms with Crippen LogP contribution in [-0.4, -0.2) is 55.5 Å². The van der Waals surface area contributed by atoms with Gasteiger partial charge in [0.1, 0.15) is 6.10 Å². The molecule has 2 aliphatic rings. The maximum atomic E-state index is 13.1. The highest BCUT2D eigenvalue weighted by Gasteiger charge is 2.50. The van der Waals surface area contributed by atoms with Crippen molar-refractivity contribution in [3.8, 4) is 0 Å². The number of fused-ring (bicyclic) bond motifs is 1. The molecule has 2 saturated heterocycles. The first kappa shape index (κ1) is 19.7. The molecule has 8 heteroatoms. The van der Waals surface area contributed by atoms with Gasteiger partial charge in [-0.05, 0) is 44.9 Å². The van der Waals surface area contributed by atoms with Gasteiger partial charge in [0.15, 0.2) is 0 Å². The highest BCUT2D eigenvalue weighted by atomic mass is 16.6. The number of hydrogen-bond acceptors (Lipinski definition) is 6. The fourth-order valence-corrected chi connectivity index (χ4v) is 4.66. The highest BCUT2D eigenvalue weighted by molar-refractivity contribution is 5.97. The predicted molar refractivity (Wildman–Crippen MR) is 113 cm³/mol. The van der Waals surface area contributed by atoms with Gasteiger partial charge in [0.2, 0.25) is 0 Å². The molecule has 1 amide bonds. The van der Waals surface area contributed by atoms with Gasteiger partial charge in [0.25, 0.3) is 5.91 Å². The van der Waals surface area contributed by atoms with Crippen molar-refractivity contribution in [1.29, 1.82) is 0 Å². The molecule has 2 fully saturated rings. The summed E-state index contributed by atoms with van der Waals surface area (Å²) in [6, 6.07) is 5.47. The monoisotopic (exact) mass is 419 g/mol. The first-order chi connectivity index (χ1) is 14.9. The molecule has 1 unspecified atom stereocenters. The molecule has 3 aromatic rings. The number of cyclic esters (lactones) is 1. The standard InChI is InChI=1S/C23H25N5O3/c1-15-16(2)26-20-11-17(3-4-19(20)25-15)21(29)28-8-5-23(6-9-28)12-18(31-22(23)30)13-27-10-7-24-14-27/h3-4,7,10-11,14,18H,5-6,8-9,12-13H2,1-2H3. The van der Waals surface area contributed by atoms with Crippen LogP contribution in [0, 0.1) is 19.3 Å². The van der Waals surface area contributed by atoms with Gasteiger partial charge in [0.05, 0.1) is 40.7 Å². The second-order valence-corrected chi connectivity index (χ2v) is 8.66. The molecular formula is C23H25N5O3. The van der Waals surface area contributed by atoms with Crippen LogP contribution in [0.2, 0.25) is 0 Å². The van der Waals surface area contributed by atoms with Crippen LogP contribution in [0.25, 0.3) is 11.0 Å². The Morgan fingerprint density at radius 1 is 1.16 bits per heavy atom. The number of ether oxygens (including phenoxy) is 1. The molecule has 4 heterocycles. The number of benzene rings is 1. The molecule has 1 spiro atoms. The summed E-state index contributed by atoms with van der Waals surface area (Å²) in [5.74, 6) is -0.158. The van der Waals surface area contributed by atoms with Crippen molar-refractivity contribution in [3.05, 3.63) is 53.9 Å². The third-order valence-electron chi connectivity index (χ3n) is 6.63. The van der Waals surface area contributed by atoms with Gasteiger partial charge in [-0.25, -0.2) is 15.0 Å². The van der Waals surface area contributed by atoms with Gasteiger partial charge in [-0.2, -0.15) is 0 Å². The molecule has 1 aromatic carbocycles. The first-order valence-electron chi connectivity index (χ1n) is 10.6. The van der Waals surface area contributed by atoms with E-state index >= 15 is 0 Å². The second kappa shape index (κ2) is 7.44. The van der Waals surface area contributed by atoms with Gasteiger partial charge >= 0.3 is 5.97 Å². The number of amides is 1. The summed E-state index contributed by atoms with van der Waals surface area (Å²) in [5.41, 5.74) is 3.39. The smallest absolute Gasteiger partial charge is 0.312 e. The molecule has 31 heavy (non-hydrogen) atoms. The Morgan fingerprint density at radius 3 is 2.61 bits per heavy atom. The van der Waals surface area contributed by atoms with Crippen molar-refractivity contribution in [3.63, 3.8) is 0 Å². The summed E-state index contributed by atoms with van der Waals surface area (Å²) in [5, 5.41) is 0. The number of rotatable bonds is 3. The van der Waals surface area contributed by atoms with Crippen molar-refractivity contribution < 1.29 is 14.3 Å². The van der Waals surface area contributed by atoms with Crippen LogP contribution in [0.1, 0.15) is 41.0 Å². The molecule has 5 rings (SSSR count). The summed E-state index contributed by atoms with van der Waals surface area (Å²) in [6.07, 6.45) is 7.13. The van der Waals surface area contributed by atoms with Gasteiger partial charge in [0, 0.05) is 37.5 Å². The van der Waals surface area contributed by atoms with Crippen molar-refractivity contribution in [2.75, 3.05) is 13.1 Å². The number of nitrogens with zero attached hydrogens (tertiary/aromatic N) is 5. The van der Waals surface area contributed by atoms with Crippen LogP contribution < -0.4 is 0 Å². The maximum absolute atomic E-state index is 13.1. The minimum atomic E-state index is -0.481. The zero-order valence-corrected chi connectivity index (χ0v) is 17.7. The van der Waals surface area contributed by atoms with Crippen molar-refractivity contribution in [2.45, 2.75) is 45.8 Å². The number of imidazole rings is 1. The van der Waals surface area contributed by atoms with Crippen molar-refractivity contribution in [2.24, 2.45) is 5.41 Å². The van der Waals surface area contributed by atoms with E-state index in [-0.39, 0.29) is 18.0 Å². The largest absolute Gasteiger partial charge is 0.460 e. The molecule has 2 aromatic heterocycles. The Balaban J connectivity index is 1.27. The molecule has 160 valence electrons. The lowest BCUT2D eigenvalue weighted by molar-refractivity contribution is -0.150. The van der Waals surface area contributed by atoms with E-state index in [0.29, 0.717) is 44.5 Å². The molecule has 0 radical (unpaired) electrons. The summed E-state index contributed by atoms with van der Waals surface area (Å²) < 4.78 is 7.60. The van der Waals surface area contributed by atoms with E-state index in [4.69, 9.17) is 4.74 Å². The number of hydrogen-bond donors (Lipinski definition) is 0. The Kier molecular flexibility index (Phi) is 4.72. The molecule has 0 bridgehead atoms. The SMILES string of the molecule is Cc1nc2ccc(C(=O)N3CCC4(CC3)CC(Cn3ccnc3)OC4=O)cc2nc1C. The van der Waals surface area contributed by atoms with Crippen molar-refractivity contribution in [1.82, 2.24) is 24.4 Å². The summed E-state index contributed by atoms with van der Waals surface area (Å²) in [6.45, 7) is 5.55. The van der Waals surface area contributed by atoms with Crippen LogP contribution in [0.5, 0.6) is 0 Å². The van der Waals surface area contributed by atoms with E-state index < -0.39 is 5.41 Å². The summed E-state index contributed by atoms with van der Waals surface area (Å²) in [7, 11) is 0. The average molecular weight is 419 g/mol. The van der Waals surface area contributed by atoms with Gasteiger partial charge < -0.3 is 14.2 Å². The molecule has 1 atom stereocenters. The fourth-order valence-electron chi connectivity index (χ4n) is 4.66. The topological polar surface area (TPSA) is 90.2 Å². The number of piperidine rings is 1. The summed E-state index contributed by atoms with van der Waals surface area (Å²) in [4.78, 5) is 40.8. The zero-order chi connectivity index (χ0) is 21.6. The van der Waals surface area contributed by atoms with E-state index in [1.54, 1.807) is 12.5 Å². The third kappa shape index (κ3) is 3.56. The molecular weight excluding hydrogens is 394 g/mol. The molecule has 8 nitrogen and oxygen atoms in total. The number of esters is 1. The Bertz CT molecular complexity index is 1150. The normalized spacial score (nSPS) is 20.4. The number of aromatic nitrogens is 4. The lowest BCUT2D eigenvalue weighted by Gasteiger charge is -2.36. The average Bonchev–Trinajstić information content (AvgIpc) is 3.37. The van der Waals surface area contributed by atoms with E-state index in [1.807, 2.05) is 47.7 Å². The van der Waals surface area contributed by atoms with Gasteiger partial charge in [-0.1, -0.05) is 0 Å². The second-order valence-electron chi connectivity index (χ2n) is 8.66. The molecule has 0 N–H and O–H groups in total. The van der Waals surface area contributed by atoms with Gasteiger partial charge in [-0.15, -0.1) is 0 Å². The minimum absolute atomic E-state index is 0.0295. The lowest BCUT2D eigenvalue weighted by atomic mass is 9.76. The number of carbonyl (C=O) groups excluding carboxylic acids is 2. The highest BCUT2D eigenvalue weighted by Crippen LogP contribution is 2.43. The third-order valence-corrected chi connectivity index (χ3v) is 6.63. The predicted octanol–water partition coefficient (Wildman–Crippen LogP) is 2.68. The molecule has 0 saturated carbocycles. The Hall–Kier alpha value is -3.29. The maximum Gasteiger partial charge on any atom is 0.312 e. The van der Waals surface area contributed by atoms with Crippen LogP contribution in [0.4, 0.5) is 0 Å². The fraction of sp³-hybridized carbons (Fsp3) is 0.435. The van der Waals surface area contributed by atoms with E-state index in [2.05, 4.69) is 15.0 Å². The number of carbonyl (C=O) groups is 2. The van der Waals surface area contributed by atoms with E-state index in [0.717, 1.165) is 22.4 Å². The molecule has 2 aliphatic heterocycles. The van der Waals surface area contributed by atoms with Crippen LogP contribution in [-0.2, 0) is 16.1 Å². The zero-order valence-electron chi connectivity index (χ0n) is 17.7. The van der Waals surface area contributed by atoms with Crippen LogP contribution >= 0.6 is 0 Å². The summed E-state index contributed by atoms with van der Waals surface area (Å²) >= 11 is 0. The molecule has 0 aliphatic carbocycles. The quantitative estimate of drug-likeness (QED) is 0.607. The number of likely N-dealkylation sites (tertiary alicyclic amines) is 1. The van der Waals surface area contributed by atoms with Gasteiger partial charge in [-0.3, -0.25) is 9.59 Å². The Labute approximate surface area is 180 Å². The minimum Gasteiger partial charge on any atom is -0.460 e. The van der Waals surface area contributed by atoms with Crippen LogP contribution in [0.15, 0.2) is 36.9 Å². The first-order valence-corrected chi connectivity index (χ1v) is 10.6. The van der Waals surface area contributed by atoms with E-state index in [1.165, 1.54) is 0 Å².